The minimum atomic E-state index is 0.848. The molecular weight excluding hydrogens is 741 g/mol. The lowest BCUT2D eigenvalue weighted by molar-refractivity contribution is 0.669. The Morgan fingerprint density at radius 1 is 0.311 bits per heavy atom. The fraction of sp³-hybridized carbons (Fsp3) is 0. The SMILES string of the molecule is c1ccc(-c2ccc(N(c3ccc(-c4ccccc4)cc3)c3ccc4c(c3)oc3cc(-c5ccc6c7ccccc7n(-c7ccccc7)c6c5)c5ccccc5c34)cc2)cc1. The summed E-state index contributed by atoms with van der Waals surface area (Å²) in [6, 6.07) is 82.7. The van der Waals surface area contributed by atoms with Gasteiger partial charge in [-0.2, -0.15) is 0 Å². The number of fused-ring (bicyclic) bond motifs is 8. The third-order valence-corrected chi connectivity index (χ3v) is 12.2. The summed E-state index contributed by atoms with van der Waals surface area (Å²) in [6.45, 7) is 0. The topological polar surface area (TPSA) is 21.3 Å². The van der Waals surface area contributed by atoms with Gasteiger partial charge in [0.25, 0.3) is 0 Å². The molecule has 0 N–H and O–H groups in total. The summed E-state index contributed by atoms with van der Waals surface area (Å²) in [4.78, 5) is 2.32. The van der Waals surface area contributed by atoms with Crippen molar-refractivity contribution in [3.63, 3.8) is 0 Å². The van der Waals surface area contributed by atoms with Gasteiger partial charge in [-0.15, -0.1) is 0 Å². The van der Waals surface area contributed by atoms with Gasteiger partial charge in [0.15, 0.2) is 0 Å². The van der Waals surface area contributed by atoms with Crippen molar-refractivity contribution >= 4 is 71.6 Å². The van der Waals surface area contributed by atoms with Gasteiger partial charge in [0, 0.05) is 50.4 Å². The minimum absolute atomic E-state index is 0.848. The molecule has 0 aliphatic carbocycles. The van der Waals surface area contributed by atoms with Crippen molar-refractivity contribution in [2.24, 2.45) is 0 Å². The summed E-state index contributed by atoms with van der Waals surface area (Å²) in [6.07, 6.45) is 0. The summed E-state index contributed by atoms with van der Waals surface area (Å²) in [5.74, 6) is 0. The van der Waals surface area contributed by atoms with E-state index in [1.165, 1.54) is 54.8 Å². The van der Waals surface area contributed by atoms with Crippen molar-refractivity contribution < 1.29 is 4.42 Å². The van der Waals surface area contributed by atoms with E-state index >= 15 is 0 Å². The Labute approximate surface area is 353 Å². The number of furan rings is 1. The van der Waals surface area contributed by atoms with Crippen LogP contribution in [0.5, 0.6) is 0 Å². The Morgan fingerprint density at radius 2 is 0.803 bits per heavy atom. The van der Waals surface area contributed by atoms with Crippen LogP contribution in [0.1, 0.15) is 0 Å². The van der Waals surface area contributed by atoms with Gasteiger partial charge in [-0.05, 0) is 111 Å². The fourth-order valence-corrected chi connectivity index (χ4v) is 9.31. The second-order valence-corrected chi connectivity index (χ2v) is 15.7. The van der Waals surface area contributed by atoms with Crippen LogP contribution in [-0.4, -0.2) is 4.57 Å². The molecule has 0 atom stereocenters. The predicted molar refractivity (Wildman–Crippen MR) is 257 cm³/mol. The highest BCUT2D eigenvalue weighted by Gasteiger charge is 2.20. The third-order valence-electron chi connectivity index (χ3n) is 12.2. The van der Waals surface area contributed by atoms with E-state index in [9.17, 15) is 0 Å². The number of para-hydroxylation sites is 2. The van der Waals surface area contributed by atoms with E-state index in [0.29, 0.717) is 0 Å². The second kappa shape index (κ2) is 14.3. The van der Waals surface area contributed by atoms with E-state index in [1.54, 1.807) is 0 Å². The van der Waals surface area contributed by atoms with Gasteiger partial charge in [-0.1, -0.05) is 158 Å². The molecule has 0 bridgehead atoms. The van der Waals surface area contributed by atoms with Gasteiger partial charge in [0.1, 0.15) is 11.2 Å². The standard InChI is InChI=1S/C58H38N2O/c1-4-14-39(15-5-1)41-24-29-45(30-25-41)59(46-31-26-42(27-32-46)40-16-6-2-7-17-40)47-33-35-52-56(37-47)61-57-38-53(48-20-10-11-22-51(48)58(52)57)43-28-34-50-49-21-12-13-23-54(49)60(55(50)36-43)44-18-8-3-9-19-44/h1-38H. The molecule has 0 saturated carbocycles. The first-order valence-electron chi connectivity index (χ1n) is 20.8. The van der Waals surface area contributed by atoms with Crippen LogP contribution < -0.4 is 4.90 Å². The first kappa shape index (κ1) is 34.9. The molecule has 0 radical (unpaired) electrons. The average Bonchev–Trinajstić information content (AvgIpc) is 3.88. The Balaban J connectivity index is 1.01. The van der Waals surface area contributed by atoms with Crippen LogP contribution in [0, 0.1) is 0 Å². The molecule has 0 aliphatic heterocycles. The van der Waals surface area contributed by atoms with Crippen molar-refractivity contribution in [1.29, 1.82) is 0 Å². The summed E-state index contributed by atoms with van der Waals surface area (Å²) in [7, 11) is 0. The molecular formula is C58H38N2O. The quantitative estimate of drug-likeness (QED) is 0.161. The van der Waals surface area contributed by atoms with Gasteiger partial charge in [0.2, 0.25) is 0 Å². The molecule has 3 heteroatoms. The highest BCUT2D eigenvalue weighted by atomic mass is 16.3. The van der Waals surface area contributed by atoms with Crippen LogP contribution in [0.2, 0.25) is 0 Å². The van der Waals surface area contributed by atoms with Crippen molar-refractivity contribution in [3.8, 4) is 39.1 Å². The molecule has 10 aromatic carbocycles. The first-order chi connectivity index (χ1) is 30.2. The van der Waals surface area contributed by atoms with E-state index in [0.717, 1.165) is 55.8 Å². The van der Waals surface area contributed by atoms with E-state index in [4.69, 9.17) is 4.42 Å². The Kier molecular flexibility index (Phi) is 8.17. The zero-order valence-electron chi connectivity index (χ0n) is 33.2. The predicted octanol–water partition coefficient (Wildman–Crippen LogP) is 16.3. The molecule has 12 aromatic rings. The molecule has 0 aliphatic rings. The number of benzene rings is 10. The lowest BCUT2D eigenvalue weighted by Crippen LogP contribution is -2.09. The van der Waals surface area contributed by atoms with Crippen molar-refractivity contribution in [2.45, 2.75) is 0 Å². The highest BCUT2D eigenvalue weighted by Crippen LogP contribution is 2.44. The number of nitrogens with zero attached hydrogens (tertiary/aromatic N) is 2. The van der Waals surface area contributed by atoms with Gasteiger partial charge < -0.3 is 13.9 Å². The summed E-state index contributed by atoms with van der Waals surface area (Å²) in [5, 5.41) is 7.08. The van der Waals surface area contributed by atoms with Crippen molar-refractivity contribution in [1.82, 2.24) is 4.57 Å². The van der Waals surface area contributed by atoms with Gasteiger partial charge in [-0.3, -0.25) is 0 Å². The molecule has 0 saturated heterocycles. The van der Waals surface area contributed by atoms with E-state index < -0.39 is 0 Å². The van der Waals surface area contributed by atoms with Crippen LogP contribution >= 0.6 is 0 Å². The highest BCUT2D eigenvalue weighted by molar-refractivity contribution is 6.23. The van der Waals surface area contributed by atoms with Crippen molar-refractivity contribution in [3.05, 3.63) is 231 Å². The van der Waals surface area contributed by atoms with Crippen LogP contribution in [0.25, 0.3) is 93.6 Å². The van der Waals surface area contributed by atoms with E-state index in [-0.39, 0.29) is 0 Å². The summed E-state index contributed by atoms with van der Waals surface area (Å²) >= 11 is 0. The molecule has 2 heterocycles. The third kappa shape index (κ3) is 5.90. The number of rotatable bonds is 7. The van der Waals surface area contributed by atoms with E-state index in [2.05, 4.69) is 240 Å². The summed E-state index contributed by atoms with van der Waals surface area (Å²) < 4.78 is 9.32. The Hall–Kier alpha value is -8.14. The maximum Gasteiger partial charge on any atom is 0.137 e. The van der Waals surface area contributed by atoms with Gasteiger partial charge in [0.05, 0.1) is 11.0 Å². The van der Waals surface area contributed by atoms with Crippen LogP contribution in [0.3, 0.4) is 0 Å². The lowest BCUT2D eigenvalue weighted by Gasteiger charge is -2.26. The normalized spacial score (nSPS) is 11.6. The lowest BCUT2D eigenvalue weighted by atomic mass is 9.94. The minimum Gasteiger partial charge on any atom is -0.456 e. The maximum absolute atomic E-state index is 6.94. The number of aromatic nitrogens is 1. The first-order valence-corrected chi connectivity index (χ1v) is 20.8. The monoisotopic (exact) mass is 778 g/mol. The zero-order chi connectivity index (χ0) is 40.3. The second-order valence-electron chi connectivity index (χ2n) is 15.7. The van der Waals surface area contributed by atoms with Crippen LogP contribution in [0.15, 0.2) is 235 Å². The maximum atomic E-state index is 6.94. The largest absolute Gasteiger partial charge is 0.456 e. The number of hydrogen-bond acceptors (Lipinski definition) is 2. The molecule has 61 heavy (non-hydrogen) atoms. The number of anilines is 3. The molecule has 2 aromatic heterocycles. The molecule has 0 amide bonds. The van der Waals surface area contributed by atoms with Crippen LogP contribution in [0.4, 0.5) is 17.1 Å². The zero-order valence-corrected chi connectivity index (χ0v) is 33.2. The molecule has 0 spiro atoms. The fourth-order valence-electron chi connectivity index (χ4n) is 9.31. The van der Waals surface area contributed by atoms with Crippen molar-refractivity contribution in [2.75, 3.05) is 4.90 Å². The van der Waals surface area contributed by atoms with Gasteiger partial charge >= 0.3 is 0 Å². The van der Waals surface area contributed by atoms with Crippen LogP contribution in [-0.2, 0) is 0 Å². The average molecular weight is 779 g/mol. The number of hydrogen-bond donors (Lipinski definition) is 0. The van der Waals surface area contributed by atoms with Gasteiger partial charge in [-0.25, -0.2) is 0 Å². The molecule has 0 unspecified atom stereocenters. The Morgan fingerprint density at radius 3 is 1.46 bits per heavy atom. The summed E-state index contributed by atoms with van der Waals surface area (Å²) in [5.41, 5.74) is 15.4. The molecule has 3 nitrogen and oxygen atoms in total. The Bertz CT molecular complexity index is 3470. The smallest absolute Gasteiger partial charge is 0.137 e. The molecule has 286 valence electrons. The molecule has 12 rings (SSSR count). The van der Waals surface area contributed by atoms with E-state index in [1.807, 2.05) is 0 Å². The molecule has 0 fully saturated rings.